The number of carbonyl (C=O) groups excluding carboxylic acids is 1. The van der Waals surface area contributed by atoms with Crippen molar-refractivity contribution in [3.05, 3.63) is 59.2 Å². The molecule has 1 N–H and O–H groups in total. The van der Waals surface area contributed by atoms with Gasteiger partial charge in [-0.15, -0.1) is 0 Å². The van der Waals surface area contributed by atoms with Gasteiger partial charge >= 0.3 is 0 Å². The lowest BCUT2D eigenvalue weighted by molar-refractivity contribution is -0.127. The number of amides is 1. The smallest absolute Gasteiger partial charge is 0.280 e. The summed E-state index contributed by atoms with van der Waals surface area (Å²) in [5.74, 6) is 0.820. The number of methoxy groups -OCH3 is 1. The maximum atomic E-state index is 12.2. The molecule has 2 aromatic carbocycles. The Morgan fingerprint density at radius 1 is 1.23 bits per heavy atom. The van der Waals surface area contributed by atoms with E-state index in [9.17, 15) is 4.79 Å². The quantitative estimate of drug-likeness (QED) is 0.640. The van der Waals surface area contributed by atoms with E-state index in [4.69, 9.17) is 14.7 Å². The Bertz CT molecular complexity index is 852. The van der Waals surface area contributed by atoms with E-state index in [0.717, 1.165) is 11.1 Å². The van der Waals surface area contributed by atoms with Gasteiger partial charge in [-0.3, -0.25) is 4.79 Å². The lowest BCUT2D eigenvalue weighted by Gasteiger charge is -2.14. The summed E-state index contributed by atoms with van der Waals surface area (Å²) in [6.45, 7) is 5.40. The molecule has 2 rings (SSSR count). The van der Waals surface area contributed by atoms with Crippen LogP contribution in [0.4, 0.5) is 0 Å². The highest BCUT2D eigenvalue weighted by Crippen LogP contribution is 2.20. The zero-order valence-electron chi connectivity index (χ0n) is 15.2. The highest BCUT2D eigenvalue weighted by molar-refractivity contribution is 6.01. The Morgan fingerprint density at radius 2 is 1.92 bits per heavy atom. The van der Waals surface area contributed by atoms with E-state index >= 15 is 0 Å². The van der Waals surface area contributed by atoms with Crippen molar-refractivity contribution in [3.63, 3.8) is 0 Å². The molecule has 0 heterocycles. The Balaban J connectivity index is 2.03. The first-order chi connectivity index (χ1) is 12.4. The largest absolute Gasteiger partial charge is 0.496 e. The van der Waals surface area contributed by atoms with E-state index in [-0.39, 0.29) is 5.91 Å². The number of nitriles is 1. The van der Waals surface area contributed by atoms with Gasteiger partial charge in [0.15, 0.2) is 6.10 Å². The minimum atomic E-state index is -0.737. The summed E-state index contributed by atoms with van der Waals surface area (Å²) in [5.41, 5.74) is 5.55. The second-order valence-corrected chi connectivity index (χ2v) is 5.77. The van der Waals surface area contributed by atoms with Gasteiger partial charge in [-0.2, -0.15) is 10.4 Å². The molecule has 0 saturated heterocycles. The predicted octanol–water partition coefficient (Wildman–Crippen LogP) is 3.18. The maximum Gasteiger partial charge on any atom is 0.280 e. The molecule has 0 aliphatic heterocycles. The minimum absolute atomic E-state index is 0.375. The fourth-order valence-electron chi connectivity index (χ4n) is 2.26. The number of benzene rings is 2. The number of carbonyl (C=O) groups is 1. The van der Waals surface area contributed by atoms with Crippen LogP contribution >= 0.6 is 0 Å². The topological polar surface area (TPSA) is 83.7 Å². The summed E-state index contributed by atoms with van der Waals surface area (Å²) in [7, 11) is 1.59. The van der Waals surface area contributed by atoms with Crippen LogP contribution in [0.1, 0.15) is 30.5 Å². The molecule has 0 fully saturated rings. The van der Waals surface area contributed by atoms with Gasteiger partial charge in [0, 0.05) is 5.56 Å². The van der Waals surface area contributed by atoms with Crippen molar-refractivity contribution in [3.8, 4) is 17.6 Å². The first-order valence-corrected chi connectivity index (χ1v) is 8.10. The number of nitrogens with zero attached hydrogens (tertiary/aromatic N) is 2. The monoisotopic (exact) mass is 351 g/mol. The molecule has 2 aromatic rings. The molecule has 0 bridgehead atoms. The fourth-order valence-corrected chi connectivity index (χ4v) is 2.26. The van der Waals surface area contributed by atoms with Gasteiger partial charge < -0.3 is 9.47 Å². The van der Waals surface area contributed by atoms with Gasteiger partial charge in [0.1, 0.15) is 11.5 Å². The average Bonchev–Trinajstić information content (AvgIpc) is 2.66. The molecule has 0 radical (unpaired) electrons. The number of hydrazone groups is 1. The van der Waals surface area contributed by atoms with E-state index in [1.807, 2.05) is 31.2 Å². The number of hydrogen-bond donors (Lipinski definition) is 1. The number of rotatable bonds is 6. The molecular formula is C20H21N3O3. The van der Waals surface area contributed by atoms with Crippen molar-refractivity contribution < 1.29 is 14.3 Å². The van der Waals surface area contributed by atoms with E-state index in [0.29, 0.717) is 22.8 Å². The lowest BCUT2D eigenvalue weighted by Crippen LogP contribution is -2.34. The second kappa shape index (κ2) is 8.67. The summed E-state index contributed by atoms with van der Waals surface area (Å²) in [5, 5.41) is 12.9. The van der Waals surface area contributed by atoms with Crippen molar-refractivity contribution in [2.24, 2.45) is 5.10 Å². The first kappa shape index (κ1) is 19.0. The lowest BCUT2D eigenvalue weighted by atomic mass is 10.1. The van der Waals surface area contributed by atoms with Gasteiger partial charge in [-0.1, -0.05) is 11.6 Å². The summed E-state index contributed by atoms with van der Waals surface area (Å²) >= 11 is 0. The molecule has 6 nitrogen and oxygen atoms in total. The van der Waals surface area contributed by atoms with Crippen LogP contribution in [0.5, 0.6) is 11.5 Å². The Labute approximate surface area is 153 Å². The van der Waals surface area contributed by atoms with Gasteiger partial charge in [0.2, 0.25) is 0 Å². The summed E-state index contributed by atoms with van der Waals surface area (Å²) in [6.07, 6.45) is -0.737. The van der Waals surface area contributed by atoms with Gasteiger partial charge in [-0.05, 0) is 57.2 Å². The highest BCUT2D eigenvalue weighted by atomic mass is 16.5. The van der Waals surface area contributed by atoms with Crippen LogP contribution in [0.2, 0.25) is 0 Å². The van der Waals surface area contributed by atoms with Crippen molar-refractivity contribution >= 4 is 11.6 Å². The molecular weight excluding hydrogens is 330 g/mol. The molecule has 1 atom stereocenters. The van der Waals surface area contributed by atoms with Crippen molar-refractivity contribution in [2.75, 3.05) is 7.11 Å². The van der Waals surface area contributed by atoms with Gasteiger partial charge in [0.05, 0.1) is 24.5 Å². The molecule has 26 heavy (non-hydrogen) atoms. The summed E-state index contributed by atoms with van der Waals surface area (Å²) in [4.78, 5) is 12.2. The zero-order chi connectivity index (χ0) is 19.1. The SMILES string of the molecule is COc1ccc(C)cc1/C(C)=N\NC(=O)[C@@H](C)Oc1ccc(C#N)cc1. The van der Waals surface area contributed by atoms with E-state index < -0.39 is 6.10 Å². The third-order valence-electron chi connectivity index (χ3n) is 3.74. The van der Waals surface area contributed by atoms with Crippen molar-refractivity contribution in [1.29, 1.82) is 5.26 Å². The van der Waals surface area contributed by atoms with Crippen molar-refractivity contribution in [2.45, 2.75) is 26.9 Å². The maximum absolute atomic E-state index is 12.2. The molecule has 0 aromatic heterocycles. The minimum Gasteiger partial charge on any atom is -0.496 e. The Hall–Kier alpha value is -3.33. The van der Waals surface area contributed by atoms with Crippen LogP contribution in [0.3, 0.4) is 0 Å². The number of ether oxygens (including phenoxy) is 2. The normalized spacial score (nSPS) is 12.0. The van der Waals surface area contributed by atoms with E-state index in [1.165, 1.54) is 0 Å². The third-order valence-corrected chi connectivity index (χ3v) is 3.74. The van der Waals surface area contributed by atoms with Gasteiger partial charge in [-0.25, -0.2) is 5.43 Å². The van der Waals surface area contributed by atoms with Crippen LogP contribution in [-0.4, -0.2) is 24.8 Å². The molecule has 0 saturated carbocycles. The van der Waals surface area contributed by atoms with E-state index in [2.05, 4.69) is 10.5 Å². The van der Waals surface area contributed by atoms with Crippen LogP contribution in [-0.2, 0) is 4.79 Å². The average molecular weight is 351 g/mol. The summed E-state index contributed by atoms with van der Waals surface area (Å²) in [6, 6.07) is 14.3. The zero-order valence-corrected chi connectivity index (χ0v) is 15.2. The standard InChI is InChI=1S/C20H21N3O3/c1-13-5-10-19(25-4)18(11-13)14(2)22-23-20(24)15(3)26-17-8-6-16(12-21)7-9-17/h5-11,15H,1-4H3,(H,23,24)/b22-14-/t15-/m1/s1. The molecule has 1 amide bonds. The molecule has 0 aliphatic rings. The number of hydrogen-bond acceptors (Lipinski definition) is 5. The van der Waals surface area contributed by atoms with Crippen LogP contribution in [0.25, 0.3) is 0 Å². The second-order valence-electron chi connectivity index (χ2n) is 5.77. The van der Waals surface area contributed by atoms with Crippen molar-refractivity contribution in [1.82, 2.24) is 5.43 Å². The Morgan fingerprint density at radius 3 is 2.54 bits per heavy atom. The third kappa shape index (κ3) is 4.84. The highest BCUT2D eigenvalue weighted by Gasteiger charge is 2.15. The molecule has 0 aliphatic carbocycles. The molecule has 0 spiro atoms. The number of nitrogens with one attached hydrogen (secondary N) is 1. The Kier molecular flexibility index (Phi) is 6.34. The van der Waals surface area contributed by atoms with Crippen LogP contribution in [0.15, 0.2) is 47.6 Å². The first-order valence-electron chi connectivity index (χ1n) is 8.10. The molecule has 6 heteroatoms. The predicted molar refractivity (Wildman–Crippen MR) is 99.3 cm³/mol. The van der Waals surface area contributed by atoms with Crippen LogP contribution in [0, 0.1) is 18.3 Å². The fraction of sp³-hybridized carbons (Fsp3) is 0.250. The van der Waals surface area contributed by atoms with Gasteiger partial charge in [0.25, 0.3) is 5.91 Å². The molecule has 134 valence electrons. The van der Waals surface area contributed by atoms with Crippen LogP contribution < -0.4 is 14.9 Å². The number of aryl methyl sites for hydroxylation is 1. The molecule has 0 unspecified atom stereocenters. The summed E-state index contributed by atoms with van der Waals surface area (Å²) < 4.78 is 10.9. The van der Waals surface area contributed by atoms with E-state index in [1.54, 1.807) is 45.2 Å².